The first kappa shape index (κ1) is 14.1. The number of fused-ring (bicyclic) bond motifs is 1. The van der Waals surface area contributed by atoms with Gasteiger partial charge in [-0.1, -0.05) is 48.0 Å². The number of rotatable bonds is 4. The number of hydrogen-bond donors (Lipinski definition) is 1. The van der Waals surface area contributed by atoms with Gasteiger partial charge >= 0.3 is 0 Å². The molecule has 0 fully saturated rings. The summed E-state index contributed by atoms with van der Waals surface area (Å²) in [5, 5.41) is 4.01. The fraction of sp³-hybridized carbons (Fsp3) is 0.400. The van der Waals surface area contributed by atoms with Crippen LogP contribution in [0, 0.1) is 5.92 Å². The Morgan fingerprint density at radius 1 is 1.26 bits per heavy atom. The molecule has 0 spiro atoms. The molecule has 0 aliphatic carbocycles. The van der Waals surface area contributed by atoms with Crippen LogP contribution in [-0.2, 0) is 4.79 Å². The van der Waals surface area contributed by atoms with E-state index in [-0.39, 0.29) is 22.7 Å². The Hall–Kier alpha value is -1.29. The lowest BCUT2D eigenvalue weighted by molar-refractivity contribution is -0.121. The van der Waals surface area contributed by atoms with Crippen LogP contribution in [0.1, 0.15) is 32.6 Å². The van der Waals surface area contributed by atoms with E-state index in [0.29, 0.717) is 0 Å². The van der Waals surface area contributed by atoms with Crippen LogP contribution in [-0.4, -0.2) is 10.7 Å². The second kappa shape index (κ2) is 5.78. The van der Waals surface area contributed by atoms with Crippen LogP contribution in [0.15, 0.2) is 34.7 Å². The van der Waals surface area contributed by atoms with Gasteiger partial charge in [0.05, 0.1) is 10.9 Å². The maximum Gasteiger partial charge on any atom is 0.234 e. The van der Waals surface area contributed by atoms with Crippen LogP contribution in [0.2, 0.25) is 0 Å². The van der Waals surface area contributed by atoms with Crippen molar-refractivity contribution < 1.29 is 9.21 Å². The van der Waals surface area contributed by atoms with Gasteiger partial charge in [0.25, 0.3) is 0 Å². The Morgan fingerprint density at radius 2 is 1.95 bits per heavy atom. The number of hydrogen-bond acceptors (Lipinski definition) is 2. The molecule has 2 atom stereocenters. The van der Waals surface area contributed by atoms with Gasteiger partial charge in [-0.15, -0.1) is 0 Å². The van der Waals surface area contributed by atoms with Crippen molar-refractivity contribution in [2.75, 3.05) is 0 Å². The molecule has 102 valence electrons. The Kier molecular flexibility index (Phi) is 4.30. The molecule has 1 heterocycles. The summed E-state index contributed by atoms with van der Waals surface area (Å²) in [4.78, 5) is 11.8. The zero-order chi connectivity index (χ0) is 14.0. The van der Waals surface area contributed by atoms with Crippen LogP contribution in [0.4, 0.5) is 0 Å². The van der Waals surface area contributed by atoms with Crippen LogP contribution in [0.3, 0.4) is 0 Å². The molecule has 1 aromatic carbocycles. The minimum absolute atomic E-state index is 0.0112. The third-order valence-corrected chi connectivity index (χ3v) is 4.54. The van der Waals surface area contributed by atoms with Crippen molar-refractivity contribution in [3.8, 4) is 0 Å². The molecule has 0 radical (unpaired) electrons. The van der Waals surface area contributed by atoms with E-state index in [0.717, 1.165) is 16.7 Å². The molecular weight excluding hydrogens is 306 g/mol. The molecular formula is C15H18BrNO2. The lowest BCUT2D eigenvalue weighted by Crippen LogP contribution is -2.35. The Labute approximate surface area is 121 Å². The first-order valence-electron chi connectivity index (χ1n) is 6.42. The number of benzene rings is 1. The molecule has 19 heavy (non-hydrogen) atoms. The largest absolute Gasteiger partial charge is 0.459 e. The zero-order valence-electron chi connectivity index (χ0n) is 11.3. The van der Waals surface area contributed by atoms with Crippen LogP contribution >= 0.6 is 15.9 Å². The number of nitrogens with one attached hydrogen (secondary N) is 1. The standard InChI is InChI=1S/C15H18BrNO2/c1-9(2)14(16)15(18)17-10(3)13-8-11-6-4-5-7-12(11)19-13/h4-10,14H,1-3H3,(H,17,18). The summed E-state index contributed by atoms with van der Waals surface area (Å²) in [7, 11) is 0. The third-order valence-electron chi connectivity index (χ3n) is 3.07. The summed E-state index contributed by atoms with van der Waals surface area (Å²) in [6.07, 6.45) is 0. The van der Waals surface area contributed by atoms with E-state index in [1.807, 2.05) is 51.1 Å². The molecule has 2 unspecified atom stereocenters. The van der Waals surface area contributed by atoms with E-state index in [9.17, 15) is 4.79 Å². The Morgan fingerprint density at radius 3 is 2.58 bits per heavy atom. The number of furan rings is 1. The lowest BCUT2D eigenvalue weighted by atomic mass is 10.1. The first-order chi connectivity index (χ1) is 8.99. The van der Waals surface area contributed by atoms with E-state index in [4.69, 9.17) is 4.42 Å². The maximum atomic E-state index is 12.0. The summed E-state index contributed by atoms with van der Waals surface area (Å²) < 4.78 is 5.74. The molecule has 4 heteroatoms. The van der Waals surface area contributed by atoms with E-state index < -0.39 is 0 Å². The van der Waals surface area contributed by atoms with E-state index in [1.165, 1.54) is 0 Å². The monoisotopic (exact) mass is 323 g/mol. The van der Waals surface area contributed by atoms with Crippen molar-refractivity contribution in [2.24, 2.45) is 5.92 Å². The van der Waals surface area contributed by atoms with E-state index >= 15 is 0 Å². The van der Waals surface area contributed by atoms with Crippen LogP contribution in [0.25, 0.3) is 11.0 Å². The van der Waals surface area contributed by atoms with Crippen molar-refractivity contribution in [3.63, 3.8) is 0 Å². The molecule has 0 aliphatic rings. The van der Waals surface area contributed by atoms with Crippen LogP contribution in [0.5, 0.6) is 0 Å². The van der Waals surface area contributed by atoms with Gasteiger partial charge in [-0.05, 0) is 25.0 Å². The predicted molar refractivity (Wildman–Crippen MR) is 80.3 cm³/mol. The summed E-state index contributed by atoms with van der Waals surface area (Å²) >= 11 is 3.40. The number of carbonyl (C=O) groups excluding carboxylic acids is 1. The van der Waals surface area contributed by atoms with Gasteiger partial charge in [-0.2, -0.15) is 0 Å². The highest BCUT2D eigenvalue weighted by molar-refractivity contribution is 9.10. The van der Waals surface area contributed by atoms with Gasteiger partial charge in [-0.3, -0.25) is 4.79 Å². The highest BCUT2D eigenvalue weighted by Gasteiger charge is 2.21. The zero-order valence-corrected chi connectivity index (χ0v) is 12.9. The second-order valence-corrected chi connectivity index (χ2v) is 6.05. The molecule has 1 amide bonds. The molecule has 0 aliphatic heterocycles. The van der Waals surface area contributed by atoms with E-state index in [1.54, 1.807) is 0 Å². The topological polar surface area (TPSA) is 42.2 Å². The molecule has 0 bridgehead atoms. The summed E-state index contributed by atoms with van der Waals surface area (Å²) in [6, 6.07) is 9.66. The molecule has 2 rings (SSSR count). The fourth-order valence-electron chi connectivity index (χ4n) is 1.88. The lowest BCUT2D eigenvalue weighted by Gasteiger charge is -2.17. The highest BCUT2D eigenvalue weighted by atomic mass is 79.9. The second-order valence-electron chi connectivity index (χ2n) is 5.06. The van der Waals surface area contributed by atoms with Crippen molar-refractivity contribution in [1.82, 2.24) is 5.32 Å². The van der Waals surface area contributed by atoms with Gasteiger partial charge in [0.1, 0.15) is 11.3 Å². The van der Waals surface area contributed by atoms with Gasteiger partial charge in [-0.25, -0.2) is 0 Å². The van der Waals surface area contributed by atoms with Gasteiger partial charge < -0.3 is 9.73 Å². The number of alkyl halides is 1. The third kappa shape index (κ3) is 3.18. The maximum absolute atomic E-state index is 12.0. The number of amides is 1. The Bertz CT molecular complexity index is 543. The summed E-state index contributed by atoms with van der Waals surface area (Å²) in [6.45, 7) is 5.94. The molecule has 1 aromatic heterocycles. The van der Waals surface area contributed by atoms with Crippen LogP contribution < -0.4 is 5.32 Å². The van der Waals surface area contributed by atoms with Gasteiger partial charge in [0.2, 0.25) is 5.91 Å². The smallest absolute Gasteiger partial charge is 0.234 e. The van der Waals surface area contributed by atoms with Gasteiger partial charge in [0.15, 0.2) is 0 Å². The Balaban J connectivity index is 2.11. The predicted octanol–water partition coefficient (Wildman–Crippen LogP) is 4.03. The molecule has 0 saturated carbocycles. The quantitative estimate of drug-likeness (QED) is 0.863. The summed E-state index contributed by atoms with van der Waals surface area (Å²) in [5.74, 6) is 1.02. The van der Waals surface area contributed by atoms with Gasteiger partial charge in [0, 0.05) is 5.39 Å². The van der Waals surface area contributed by atoms with E-state index in [2.05, 4.69) is 21.2 Å². The summed E-state index contributed by atoms with van der Waals surface area (Å²) in [5.41, 5.74) is 0.845. The molecule has 2 aromatic rings. The average molecular weight is 324 g/mol. The fourth-order valence-corrected chi connectivity index (χ4v) is 2.01. The minimum atomic E-state index is -0.181. The highest BCUT2D eigenvalue weighted by Crippen LogP contribution is 2.24. The van der Waals surface area contributed by atoms with Crippen molar-refractivity contribution in [1.29, 1.82) is 0 Å². The molecule has 0 saturated heterocycles. The minimum Gasteiger partial charge on any atom is -0.459 e. The normalized spacial score (nSPS) is 14.6. The van der Waals surface area contributed by atoms with Crippen molar-refractivity contribution >= 4 is 32.8 Å². The number of carbonyl (C=O) groups is 1. The average Bonchev–Trinajstić information content (AvgIpc) is 2.81. The van der Waals surface area contributed by atoms with Crippen molar-refractivity contribution in [2.45, 2.75) is 31.6 Å². The molecule has 1 N–H and O–H groups in total. The number of halogens is 1. The molecule has 3 nitrogen and oxygen atoms in total. The van der Waals surface area contributed by atoms with Crippen molar-refractivity contribution in [3.05, 3.63) is 36.1 Å². The number of para-hydroxylation sites is 1. The SMILES string of the molecule is CC(NC(=O)C(Br)C(C)C)c1cc2ccccc2o1. The first-order valence-corrected chi connectivity index (χ1v) is 7.33.